The molecule has 0 saturated heterocycles. The fourth-order valence-electron chi connectivity index (χ4n) is 1.53. The highest BCUT2D eigenvalue weighted by Crippen LogP contribution is 2.22. The normalized spacial score (nSPS) is 23.0. The first kappa shape index (κ1) is 7.38. The minimum Gasteiger partial charge on any atom is -0.289 e. The summed E-state index contributed by atoms with van der Waals surface area (Å²) < 4.78 is 0. The van der Waals surface area contributed by atoms with E-state index in [4.69, 9.17) is 11.6 Å². The van der Waals surface area contributed by atoms with E-state index in [1.165, 1.54) is 32.1 Å². The molecule has 0 atom stereocenters. The zero-order valence-electron chi connectivity index (χ0n) is 6.27. The van der Waals surface area contributed by atoms with E-state index in [-0.39, 0.29) is 0 Å². The van der Waals surface area contributed by atoms with E-state index in [1.807, 2.05) is 0 Å². The van der Waals surface area contributed by atoms with Crippen LogP contribution in [0.15, 0.2) is 0 Å². The van der Waals surface area contributed by atoms with Crippen molar-refractivity contribution < 1.29 is 5.10 Å². The fourth-order valence-corrected chi connectivity index (χ4v) is 1.53. The summed E-state index contributed by atoms with van der Waals surface area (Å²) in [6, 6.07) is 0. The molecule has 0 aliphatic heterocycles. The van der Waals surface area contributed by atoms with Gasteiger partial charge in [0.25, 0.3) is 5.84 Å². The highest BCUT2D eigenvalue weighted by atomic mass is 15.2. The third kappa shape index (κ3) is 1.62. The monoisotopic (exact) mass is 142 g/mol. The molecule has 0 unspecified atom stereocenters. The van der Waals surface area contributed by atoms with Crippen molar-refractivity contribution in [3.05, 3.63) is 0 Å². The standard InChI is InChI=1S/C7H15N3/c8-7(10-9)6-4-2-1-3-5-6/h6H,1-5,9H2,(H2,8,10)/p+1. The van der Waals surface area contributed by atoms with Crippen molar-refractivity contribution in [2.45, 2.75) is 32.1 Å². The number of hydrogen-bond acceptors (Lipinski definition) is 1. The molecule has 0 aromatic carbocycles. The number of hydrogen-bond donors (Lipinski definition) is 3. The summed E-state index contributed by atoms with van der Waals surface area (Å²) in [6.07, 6.45) is 6.36. The number of rotatable bonds is 1. The lowest BCUT2D eigenvalue weighted by Gasteiger charge is -2.16. The molecule has 5 N–H and O–H groups in total. The van der Waals surface area contributed by atoms with Gasteiger partial charge >= 0.3 is 0 Å². The van der Waals surface area contributed by atoms with Crippen LogP contribution in [0.25, 0.3) is 0 Å². The van der Waals surface area contributed by atoms with Crippen LogP contribution < -0.4 is 16.7 Å². The predicted octanol–water partition coefficient (Wildman–Crippen LogP) is -1.12. The number of nitrogens with one attached hydrogen (secondary N) is 1. The number of hydrazone groups is 1. The van der Waals surface area contributed by atoms with E-state index >= 15 is 0 Å². The second-order valence-electron chi connectivity index (χ2n) is 2.93. The number of nitrogens with two attached hydrogens (primary N) is 2. The van der Waals surface area contributed by atoms with Crippen LogP contribution in [0.2, 0.25) is 0 Å². The molecule has 0 aromatic rings. The molecule has 0 aromatic heterocycles. The maximum absolute atomic E-state index is 5.63. The van der Waals surface area contributed by atoms with Crippen LogP contribution in [0, 0.1) is 5.92 Å². The lowest BCUT2D eigenvalue weighted by Crippen LogP contribution is -2.83. The Morgan fingerprint density at radius 2 is 1.80 bits per heavy atom. The van der Waals surface area contributed by atoms with Gasteiger partial charge in [-0.05, 0) is 12.8 Å². The van der Waals surface area contributed by atoms with Crippen molar-refractivity contribution in [2.24, 2.45) is 17.5 Å². The summed E-state index contributed by atoms with van der Waals surface area (Å²) >= 11 is 0. The largest absolute Gasteiger partial charge is 0.289 e. The molecule has 1 rings (SSSR count). The van der Waals surface area contributed by atoms with Crippen LogP contribution in [0.5, 0.6) is 0 Å². The molecule has 1 fully saturated rings. The first-order chi connectivity index (χ1) is 4.84. The topological polar surface area (TPSA) is 66.0 Å². The van der Waals surface area contributed by atoms with Crippen LogP contribution in [0.4, 0.5) is 0 Å². The van der Waals surface area contributed by atoms with Gasteiger partial charge < -0.3 is 0 Å². The molecule has 0 spiro atoms. The van der Waals surface area contributed by atoms with Crippen molar-refractivity contribution >= 4 is 5.84 Å². The molecular weight excluding hydrogens is 126 g/mol. The van der Waals surface area contributed by atoms with E-state index in [9.17, 15) is 0 Å². The van der Waals surface area contributed by atoms with Gasteiger partial charge in [0.2, 0.25) is 0 Å². The SMILES string of the molecule is N[NH+]=C(N)C1CCCCC1. The maximum atomic E-state index is 5.63. The Morgan fingerprint density at radius 3 is 2.30 bits per heavy atom. The second kappa shape index (κ2) is 3.44. The van der Waals surface area contributed by atoms with E-state index in [0.717, 1.165) is 5.84 Å². The lowest BCUT2D eigenvalue weighted by molar-refractivity contribution is -0.473. The summed E-state index contributed by atoms with van der Waals surface area (Å²) in [6.45, 7) is 0. The van der Waals surface area contributed by atoms with Crippen molar-refractivity contribution in [1.29, 1.82) is 0 Å². The minimum absolute atomic E-state index is 0.527. The zero-order chi connectivity index (χ0) is 7.40. The Balaban J connectivity index is 2.39. The average molecular weight is 142 g/mol. The van der Waals surface area contributed by atoms with Gasteiger partial charge in [0.05, 0.1) is 5.92 Å². The molecule has 0 amide bonds. The Morgan fingerprint density at radius 1 is 1.20 bits per heavy atom. The molecule has 0 bridgehead atoms. The predicted molar refractivity (Wildman–Crippen MR) is 40.9 cm³/mol. The first-order valence-corrected chi connectivity index (χ1v) is 3.93. The van der Waals surface area contributed by atoms with E-state index in [0.29, 0.717) is 5.92 Å². The average Bonchev–Trinajstić information content (AvgIpc) is 2.05. The van der Waals surface area contributed by atoms with Crippen molar-refractivity contribution in [1.82, 2.24) is 0 Å². The molecule has 1 aliphatic rings. The van der Waals surface area contributed by atoms with E-state index in [1.54, 1.807) is 0 Å². The lowest BCUT2D eigenvalue weighted by atomic mass is 9.89. The quantitative estimate of drug-likeness (QED) is 0.188. The molecule has 10 heavy (non-hydrogen) atoms. The van der Waals surface area contributed by atoms with Gasteiger partial charge in [-0.3, -0.25) is 11.6 Å². The highest BCUT2D eigenvalue weighted by Gasteiger charge is 2.20. The summed E-state index contributed by atoms with van der Waals surface area (Å²) in [4.78, 5) is 0. The third-order valence-electron chi connectivity index (χ3n) is 2.21. The van der Waals surface area contributed by atoms with Gasteiger partial charge in [0.1, 0.15) is 0 Å². The zero-order valence-corrected chi connectivity index (χ0v) is 6.27. The Labute approximate surface area is 61.5 Å². The van der Waals surface area contributed by atoms with Crippen LogP contribution in [0.1, 0.15) is 32.1 Å². The van der Waals surface area contributed by atoms with Crippen LogP contribution >= 0.6 is 0 Å². The van der Waals surface area contributed by atoms with E-state index < -0.39 is 0 Å². The van der Waals surface area contributed by atoms with Crippen molar-refractivity contribution in [3.63, 3.8) is 0 Å². The molecule has 3 nitrogen and oxygen atoms in total. The van der Waals surface area contributed by atoms with Crippen molar-refractivity contribution in [2.75, 3.05) is 0 Å². The Hall–Kier alpha value is -0.730. The van der Waals surface area contributed by atoms with Crippen LogP contribution in [-0.2, 0) is 0 Å². The molecule has 0 radical (unpaired) electrons. The summed E-state index contributed by atoms with van der Waals surface area (Å²) in [5, 5.41) is 2.53. The summed E-state index contributed by atoms with van der Waals surface area (Å²) in [7, 11) is 0. The summed E-state index contributed by atoms with van der Waals surface area (Å²) in [5.41, 5.74) is 5.63. The number of amidine groups is 1. The molecule has 1 aliphatic carbocycles. The van der Waals surface area contributed by atoms with Gasteiger partial charge in [-0.2, -0.15) is 5.10 Å². The molecular formula is C7H16N3+. The van der Waals surface area contributed by atoms with Crippen LogP contribution in [0.3, 0.4) is 0 Å². The smallest absolute Gasteiger partial charge is 0.266 e. The highest BCUT2D eigenvalue weighted by molar-refractivity contribution is 5.76. The van der Waals surface area contributed by atoms with Crippen LogP contribution in [-0.4, -0.2) is 5.84 Å². The maximum Gasteiger partial charge on any atom is 0.266 e. The Bertz CT molecular complexity index is 125. The fraction of sp³-hybridized carbons (Fsp3) is 0.857. The molecule has 58 valence electrons. The van der Waals surface area contributed by atoms with E-state index in [2.05, 4.69) is 5.10 Å². The van der Waals surface area contributed by atoms with Gasteiger partial charge in [0, 0.05) is 0 Å². The van der Waals surface area contributed by atoms with Gasteiger partial charge in [0.15, 0.2) is 0 Å². The number of hydrazine groups is 1. The third-order valence-corrected chi connectivity index (χ3v) is 2.21. The van der Waals surface area contributed by atoms with Gasteiger partial charge in [-0.25, -0.2) is 0 Å². The van der Waals surface area contributed by atoms with Gasteiger partial charge in [-0.1, -0.05) is 19.3 Å². The van der Waals surface area contributed by atoms with Crippen molar-refractivity contribution in [3.8, 4) is 0 Å². The molecule has 1 saturated carbocycles. The van der Waals surface area contributed by atoms with Gasteiger partial charge in [-0.15, -0.1) is 0 Å². The summed E-state index contributed by atoms with van der Waals surface area (Å²) in [5.74, 6) is 6.48. The molecule has 3 heteroatoms. The second-order valence-corrected chi connectivity index (χ2v) is 2.93. The Kier molecular flexibility index (Phi) is 2.54. The first-order valence-electron chi connectivity index (χ1n) is 3.93. The minimum atomic E-state index is 0.527. The molecule has 0 heterocycles.